The molecule has 6 nitrogen and oxygen atoms in total. The van der Waals surface area contributed by atoms with Gasteiger partial charge in [0.2, 0.25) is 5.91 Å². The summed E-state index contributed by atoms with van der Waals surface area (Å²) in [5.41, 5.74) is -0.398. The van der Waals surface area contributed by atoms with Crippen LogP contribution < -0.4 is 0 Å². The lowest BCUT2D eigenvalue weighted by Crippen LogP contribution is -2.51. The number of carbonyl (C=O) groups is 2. The SMILES string of the molecule is Cc1ccc(-n2ncc(C(=O)N3CCN(C(=O)CC4CCCC4)CC3)c2C(F)(F)F)cc1. The molecule has 172 valence electrons. The molecule has 2 heterocycles. The molecule has 0 N–H and O–H groups in total. The van der Waals surface area contributed by atoms with Gasteiger partial charge < -0.3 is 9.80 Å². The molecular formula is C23H27F3N4O2. The molecule has 2 aromatic rings. The molecule has 2 amide bonds. The predicted molar refractivity (Wildman–Crippen MR) is 112 cm³/mol. The topological polar surface area (TPSA) is 58.4 Å². The van der Waals surface area contributed by atoms with Crippen molar-refractivity contribution < 1.29 is 22.8 Å². The number of carbonyl (C=O) groups excluding carboxylic acids is 2. The summed E-state index contributed by atoms with van der Waals surface area (Å²) in [5, 5.41) is 3.88. The van der Waals surface area contributed by atoms with Gasteiger partial charge in [-0.25, -0.2) is 4.68 Å². The molecule has 0 bridgehead atoms. The van der Waals surface area contributed by atoms with E-state index in [9.17, 15) is 22.8 Å². The standard InChI is InChI=1S/C23H27F3N4O2/c1-16-6-8-18(9-7-16)30-21(23(24,25)26)19(15-27-30)22(32)29-12-10-28(11-13-29)20(31)14-17-4-2-3-5-17/h6-9,15,17H,2-5,10-14H2,1H3. The van der Waals surface area contributed by atoms with Gasteiger partial charge in [-0.3, -0.25) is 9.59 Å². The van der Waals surface area contributed by atoms with E-state index in [2.05, 4.69) is 5.10 Å². The van der Waals surface area contributed by atoms with Crippen LogP contribution in [0.15, 0.2) is 30.5 Å². The highest BCUT2D eigenvalue weighted by Gasteiger charge is 2.42. The van der Waals surface area contributed by atoms with Crippen molar-refractivity contribution in [2.75, 3.05) is 26.2 Å². The van der Waals surface area contributed by atoms with Gasteiger partial charge in [0.1, 0.15) is 0 Å². The maximum atomic E-state index is 13.9. The van der Waals surface area contributed by atoms with Crippen molar-refractivity contribution in [1.29, 1.82) is 0 Å². The van der Waals surface area contributed by atoms with Gasteiger partial charge in [-0.1, -0.05) is 30.5 Å². The maximum Gasteiger partial charge on any atom is 0.434 e. The second kappa shape index (κ2) is 8.96. The first-order valence-electron chi connectivity index (χ1n) is 11.0. The van der Waals surface area contributed by atoms with Crippen LogP contribution in [0.25, 0.3) is 5.69 Å². The molecule has 2 aliphatic rings. The molecule has 1 aromatic heterocycles. The fourth-order valence-corrected chi connectivity index (χ4v) is 4.58. The average Bonchev–Trinajstić information content (AvgIpc) is 3.43. The van der Waals surface area contributed by atoms with Gasteiger partial charge in [0.25, 0.3) is 5.91 Å². The minimum atomic E-state index is -4.74. The van der Waals surface area contributed by atoms with Crippen molar-refractivity contribution in [2.45, 2.75) is 45.2 Å². The van der Waals surface area contributed by atoms with Crippen LogP contribution in [-0.4, -0.2) is 57.6 Å². The summed E-state index contributed by atoms with van der Waals surface area (Å²) in [6.07, 6.45) is 1.25. The van der Waals surface area contributed by atoms with Gasteiger partial charge in [-0.15, -0.1) is 0 Å². The molecule has 2 fully saturated rings. The molecule has 0 atom stereocenters. The van der Waals surface area contributed by atoms with Gasteiger partial charge in [0.05, 0.1) is 17.4 Å². The number of hydrogen-bond acceptors (Lipinski definition) is 3. The normalized spacial score (nSPS) is 17.8. The summed E-state index contributed by atoms with van der Waals surface area (Å²) >= 11 is 0. The molecule has 0 spiro atoms. The number of halogens is 3. The fraction of sp³-hybridized carbons (Fsp3) is 0.522. The predicted octanol–water partition coefficient (Wildman–Crippen LogP) is 4.06. The second-order valence-corrected chi connectivity index (χ2v) is 8.68. The molecule has 0 radical (unpaired) electrons. The van der Waals surface area contributed by atoms with Crippen molar-refractivity contribution in [2.24, 2.45) is 5.92 Å². The van der Waals surface area contributed by atoms with Crippen LogP contribution in [0, 0.1) is 12.8 Å². The van der Waals surface area contributed by atoms with Gasteiger partial charge >= 0.3 is 6.18 Å². The lowest BCUT2D eigenvalue weighted by atomic mass is 10.0. The Balaban J connectivity index is 1.47. The molecule has 9 heteroatoms. The molecule has 1 aliphatic carbocycles. The highest BCUT2D eigenvalue weighted by atomic mass is 19.4. The Bertz CT molecular complexity index is 970. The van der Waals surface area contributed by atoms with Crippen molar-refractivity contribution in [3.05, 3.63) is 47.3 Å². The van der Waals surface area contributed by atoms with Crippen LogP contribution in [0.5, 0.6) is 0 Å². The first-order chi connectivity index (χ1) is 15.2. The molecule has 1 saturated carbocycles. The lowest BCUT2D eigenvalue weighted by molar-refractivity contribution is -0.143. The molecule has 32 heavy (non-hydrogen) atoms. The molecule has 1 aromatic carbocycles. The lowest BCUT2D eigenvalue weighted by Gasteiger charge is -2.35. The van der Waals surface area contributed by atoms with E-state index in [-0.39, 0.29) is 24.7 Å². The van der Waals surface area contributed by atoms with Gasteiger partial charge in [0.15, 0.2) is 5.69 Å². The third kappa shape index (κ3) is 4.66. The van der Waals surface area contributed by atoms with Crippen LogP contribution in [0.3, 0.4) is 0 Å². The van der Waals surface area contributed by atoms with E-state index in [4.69, 9.17) is 0 Å². The van der Waals surface area contributed by atoms with Crippen LogP contribution in [-0.2, 0) is 11.0 Å². The highest BCUT2D eigenvalue weighted by Crippen LogP contribution is 2.34. The van der Waals surface area contributed by atoms with Gasteiger partial charge in [0, 0.05) is 32.6 Å². The first-order valence-corrected chi connectivity index (χ1v) is 11.0. The van der Waals surface area contributed by atoms with Crippen LogP contribution in [0.1, 0.15) is 53.7 Å². The van der Waals surface area contributed by atoms with Gasteiger partial charge in [-0.05, 0) is 37.8 Å². The number of aromatic nitrogens is 2. The Morgan fingerprint density at radius 1 is 1.00 bits per heavy atom. The zero-order valence-electron chi connectivity index (χ0n) is 18.1. The second-order valence-electron chi connectivity index (χ2n) is 8.68. The summed E-state index contributed by atoms with van der Waals surface area (Å²) < 4.78 is 42.5. The highest BCUT2D eigenvalue weighted by molar-refractivity contribution is 5.95. The maximum absolute atomic E-state index is 13.9. The number of alkyl halides is 3. The summed E-state index contributed by atoms with van der Waals surface area (Å²) in [6.45, 7) is 2.94. The zero-order chi connectivity index (χ0) is 22.9. The van der Waals surface area contributed by atoms with E-state index in [0.29, 0.717) is 25.4 Å². The third-order valence-electron chi connectivity index (χ3n) is 6.40. The molecular weight excluding hydrogens is 421 g/mol. The van der Waals surface area contributed by atoms with E-state index >= 15 is 0 Å². The number of rotatable bonds is 4. The van der Waals surface area contributed by atoms with Crippen LogP contribution in [0.4, 0.5) is 13.2 Å². The van der Waals surface area contributed by atoms with Crippen LogP contribution in [0.2, 0.25) is 0 Å². The van der Waals surface area contributed by atoms with E-state index in [1.54, 1.807) is 29.2 Å². The van der Waals surface area contributed by atoms with Crippen molar-refractivity contribution in [3.8, 4) is 5.69 Å². The first kappa shape index (κ1) is 22.4. The third-order valence-corrected chi connectivity index (χ3v) is 6.40. The Labute approximate surface area is 185 Å². The Morgan fingerprint density at radius 2 is 1.59 bits per heavy atom. The monoisotopic (exact) mass is 448 g/mol. The van der Waals surface area contributed by atoms with Crippen molar-refractivity contribution >= 4 is 11.8 Å². The van der Waals surface area contributed by atoms with Gasteiger partial charge in [-0.2, -0.15) is 18.3 Å². The summed E-state index contributed by atoms with van der Waals surface area (Å²) in [5.74, 6) is -0.199. The molecule has 0 unspecified atom stereocenters. The number of nitrogens with zero attached hydrogens (tertiary/aromatic N) is 4. The number of aryl methyl sites for hydroxylation is 1. The molecule has 1 aliphatic heterocycles. The number of benzene rings is 1. The minimum Gasteiger partial charge on any atom is -0.339 e. The van der Waals surface area contributed by atoms with E-state index in [1.165, 1.54) is 4.90 Å². The van der Waals surface area contributed by atoms with E-state index in [1.807, 2.05) is 6.92 Å². The molecule has 4 rings (SSSR count). The largest absolute Gasteiger partial charge is 0.434 e. The number of amides is 2. The number of hydrogen-bond donors (Lipinski definition) is 0. The van der Waals surface area contributed by atoms with Crippen molar-refractivity contribution in [1.82, 2.24) is 19.6 Å². The fourth-order valence-electron chi connectivity index (χ4n) is 4.58. The average molecular weight is 448 g/mol. The quantitative estimate of drug-likeness (QED) is 0.709. The minimum absolute atomic E-state index is 0.0761. The van der Waals surface area contributed by atoms with Crippen molar-refractivity contribution in [3.63, 3.8) is 0 Å². The van der Waals surface area contributed by atoms with Crippen LogP contribution >= 0.6 is 0 Å². The zero-order valence-corrected chi connectivity index (χ0v) is 18.1. The van der Waals surface area contributed by atoms with E-state index < -0.39 is 23.3 Å². The Hall–Kier alpha value is -2.84. The van der Waals surface area contributed by atoms with E-state index in [0.717, 1.165) is 42.1 Å². The Morgan fingerprint density at radius 3 is 2.19 bits per heavy atom. The molecule has 1 saturated heterocycles. The number of piperazine rings is 1. The summed E-state index contributed by atoms with van der Waals surface area (Å²) in [6, 6.07) is 6.47. The summed E-state index contributed by atoms with van der Waals surface area (Å²) in [7, 11) is 0. The summed E-state index contributed by atoms with van der Waals surface area (Å²) in [4.78, 5) is 28.6. The Kier molecular flexibility index (Phi) is 6.26. The smallest absolute Gasteiger partial charge is 0.339 e.